The predicted molar refractivity (Wildman–Crippen MR) is 88.4 cm³/mol. The van der Waals surface area contributed by atoms with Gasteiger partial charge in [0.15, 0.2) is 6.10 Å². The average molecular weight is 332 g/mol. The summed E-state index contributed by atoms with van der Waals surface area (Å²) in [6.45, 7) is 6.46. The van der Waals surface area contributed by atoms with E-state index < -0.39 is 12.2 Å². The topological polar surface area (TPSA) is 53.4 Å². The van der Waals surface area contributed by atoms with Gasteiger partial charge in [-0.25, -0.2) is 4.39 Å². The molecule has 2 aromatic rings. The number of rotatable bonds is 4. The predicted octanol–water partition coefficient (Wildman–Crippen LogP) is 2.85. The highest BCUT2D eigenvalue weighted by atomic mass is 19.1. The van der Waals surface area contributed by atoms with Crippen LogP contribution >= 0.6 is 0 Å². The van der Waals surface area contributed by atoms with Crippen molar-refractivity contribution in [3.05, 3.63) is 51.9 Å². The molecular formula is C18H21FN2O3. The Kier molecular flexibility index (Phi) is 4.30. The SMILES string of the molecule is CC(C)(C)c1ccc(OC[C@@H]2Cn3c(CF)cc(=O)nc3O2)cc1. The van der Waals surface area contributed by atoms with Gasteiger partial charge >= 0.3 is 6.01 Å². The molecule has 0 N–H and O–H groups in total. The molecule has 0 saturated heterocycles. The van der Waals surface area contributed by atoms with Crippen LogP contribution in [0.15, 0.2) is 35.1 Å². The van der Waals surface area contributed by atoms with Gasteiger partial charge in [0, 0.05) is 6.07 Å². The summed E-state index contributed by atoms with van der Waals surface area (Å²) in [6, 6.07) is 9.29. The van der Waals surface area contributed by atoms with Gasteiger partial charge in [-0.1, -0.05) is 32.9 Å². The van der Waals surface area contributed by atoms with Gasteiger partial charge in [-0.2, -0.15) is 4.98 Å². The van der Waals surface area contributed by atoms with Gasteiger partial charge in [-0.3, -0.25) is 9.36 Å². The molecule has 0 aliphatic carbocycles. The second-order valence-electron chi connectivity index (χ2n) is 6.94. The summed E-state index contributed by atoms with van der Waals surface area (Å²) in [4.78, 5) is 15.2. The molecular weight excluding hydrogens is 311 g/mol. The smallest absolute Gasteiger partial charge is 0.300 e. The fraction of sp³-hybridized carbons (Fsp3) is 0.444. The first kappa shape index (κ1) is 16.5. The molecule has 3 rings (SSSR count). The fourth-order valence-corrected chi connectivity index (χ4v) is 2.64. The molecule has 0 spiro atoms. The summed E-state index contributed by atoms with van der Waals surface area (Å²) < 4.78 is 25.9. The van der Waals surface area contributed by atoms with Crippen molar-refractivity contribution in [2.45, 2.75) is 45.5 Å². The molecule has 24 heavy (non-hydrogen) atoms. The van der Waals surface area contributed by atoms with Gasteiger partial charge in [0.1, 0.15) is 19.0 Å². The zero-order valence-corrected chi connectivity index (χ0v) is 14.1. The highest BCUT2D eigenvalue weighted by Gasteiger charge is 2.26. The van der Waals surface area contributed by atoms with E-state index in [9.17, 15) is 9.18 Å². The van der Waals surface area contributed by atoms with E-state index in [1.54, 1.807) is 4.57 Å². The minimum Gasteiger partial charge on any atom is -0.490 e. The molecule has 1 aromatic heterocycles. The van der Waals surface area contributed by atoms with Gasteiger partial charge in [0.05, 0.1) is 12.2 Å². The Bertz CT molecular complexity index is 778. The highest BCUT2D eigenvalue weighted by molar-refractivity contribution is 5.31. The van der Waals surface area contributed by atoms with Crippen LogP contribution in [0.25, 0.3) is 0 Å². The van der Waals surface area contributed by atoms with Crippen molar-refractivity contribution in [3.8, 4) is 11.8 Å². The summed E-state index contributed by atoms with van der Waals surface area (Å²) in [5.41, 5.74) is 1.11. The van der Waals surface area contributed by atoms with Crippen molar-refractivity contribution >= 4 is 0 Å². The van der Waals surface area contributed by atoms with Crippen LogP contribution in [0.4, 0.5) is 4.39 Å². The Hall–Kier alpha value is -2.37. The lowest BCUT2D eigenvalue weighted by Gasteiger charge is -2.19. The van der Waals surface area contributed by atoms with Crippen LogP contribution in [0.2, 0.25) is 0 Å². The Labute approximate surface area is 140 Å². The summed E-state index contributed by atoms with van der Waals surface area (Å²) in [6.07, 6.45) is -0.299. The Balaban J connectivity index is 1.64. The molecule has 0 fully saturated rings. The first-order valence-electron chi connectivity index (χ1n) is 7.93. The van der Waals surface area contributed by atoms with E-state index >= 15 is 0 Å². The van der Waals surface area contributed by atoms with Crippen LogP contribution in [-0.2, 0) is 18.6 Å². The highest BCUT2D eigenvalue weighted by Crippen LogP contribution is 2.25. The van der Waals surface area contributed by atoms with Crippen molar-refractivity contribution < 1.29 is 13.9 Å². The molecule has 1 aliphatic rings. The van der Waals surface area contributed by atoms with Crippen molar-refractivity contribution in [2.75, 3.05) is 6.61 Å². The molecule has 0 bridgehead atoms. The minimum absolute atomic E-state index is 0.0931. The van der Waals surface area contributed by atoms with Crippen molar-refractivity contribution in [3.63, 3.8) is 0 Å². The molecule has 1 aliphatic heterocycles. The number of alkyl halides is 1. The third-order valence-electron chi connectivity index (χ3n) is 4.02. The van der Waals surface area contributed by atoms with Gasteiger partial charge in [-0.05, 0) is 23.1 Å². The van der Waals surface area contributed by atoms with E-state index in [1.807, 2.05) is 24.3 Å². The normalized spacial score (nSPS) is 16.6. The Morgan fingerprint density at radius 2 is 2.04 bits per heavy atom. The molecule has 0 unspecified atom stereocenters. The summed E-state index contributed by atoms with van der Waals surface area (Å²) in [7, 11) is 0. The van der Waals surface area contributed by atoms with E-state index in [4.69, 9.17) is 9.47 Å². The van der Waals surface area contributed by atoms with Crippen LogP contribution in [0, 0.1) is 0 Å². The van der Waals surface area contributed by atoms with Crippen LogP contribution in [0.5, 0.6) is 11.8 Å². The van der Waals surface area contributed by atoms with Crippen LogP contribution in [0.1, 0.15) is 32.0 Å². The molecule has 0 radical (unpaired) electrons. The summed E-state index contributed by atoms with van der Waals surface area (Å²) >= 11 is 0. The molecule has 0 saturated carbocycles. The van der Waals surface area contributed by atoms with Gasteiger partial charge < -0.3 is 9.47 Å². The Morgan fingerprint density at radius 1 is 1.33 bits per heavy atom. The Morgan fingerprint density at radius 3 is 2.67 bits per heavy atom. The number of nitrogens with zero attached hydrogens (tertiary/aromatic N) is 2. The standard InChI is InChI=1S/C18H21FN2O3/c1-18(2,3)12-4-6-14(7-5-12)23-11-15-10-21-13(9-19)8-16(22)20-17(21)24-15/h4-8,15H,9-11H2,1-3H3/t15-/m0/s1. The van der Waals surface area contributed by atoms with E-state index in [0.29, 0.717) is 13.2 Å². The largest absolute Gasteiger partial charge is 0.490 e. The first-order chi connectivity index (χ1) is 11.4. The minimum atomic E-state index is -0.726. The first-order valence-corrected chi connectivity index (χ1v) is 7.93. The lowest BCUT2D eigenvalue weighted by molar-refractivity contribution is 0.143. The monoisotopic (exact) mass is 332 g/mol. The number of hydrogen-bond donors (Lipinski definition) is 0. The lowest BCUT2D eigenvalue weighted by atomic mass is 9.87. The molecule has 1 atom stereocenters. The molecule has 6 heteroatoms. The number of fused-ring (bicyclic) bond motifs is 1. The van der Waals surface area contributed by atoms with E-state index in [0.717, 1.165) is 5.75 Å². The van der Waals surface area contributed by atoms with Crippen molar-refractivity contribution in [2.24, 2.45) is 0 Å². The number of hydrogen-bond acceptors (Lipinski definition) is 4. The quantitative estimate of drug-likeness (QED) is 0.864. The maximum absolute atomic E-state index is 13.0. The second kappa shape index (κ2) is 6.26. The van der Waals surface area contributed by atoms with Crippen LogP contribution in [0.3, 0.4) is 0 Å². The summed E-state index contributed by atoms with van der Waals surface area (Å²) in [5.74, 6) is 0.746. The van der Waals surface area contributed by atoms with Crippen LogP contribution in [-0.4, -0.2) is 22.3 Å². The maximum Gasteiger partial charge on any atom is 0.300 e. The van der Waals surface area contributed by atoms with E-state index in [1.165, 1.54) is 11.6 Å². The van der Waals surface area contributed by atoms with Gasteiger partial charge in [0.2, 0.25) is 0 Å². The van der Waals surface area contributed by atoms with Crippen molar-refractivity contribution in [1.82, 2.24) is 9.55 Å². The number of halogens is 1. The maximum atomic E-state index is 13.0. The number of aromatic nitrogens is 2. The fourth-order valence-electron chi connectivity index (χ4n) is 2.64. The van der Waals surface area contributed by atoms with Gasteiger partial charge in [-0.15, -0.1) is 0 Å². The second-order valence-corrected chi connectivity index (χ2v) is 6.94. The summed E-state index contributed by atoms with van der Waals surface area (Å²) in [5, 5.41) is 0. The van der Waals surface area contributed by atoms with E-state index in [2.05, 4.69) is 25.8 Å². The molecule has 1 aromatic carbocycles. The average Bonchev–Trinajstić information content (AvgIpc) is 2.94. The number of ether oxygens (including phenoxy) is 2. The number of benzene rings is 1. The van der Waals surface area contributed by atoms with E-state index in [-0.39, 0.29) is 23.2 Å². The third kappa shape index (κ3) is 3.42. The van der Waals surface area contributed by atoms with Crippen LogP contribution < -0.4 is 15.0 Å². The molecule has 128 valence electrons. The molecule has 5 nitrogen and oxygen atoms in total. The zero-order chi connectivity index (χ0) is 17.3. The zero-order valence-electron chi connectivity index (χ0n) is 14.1. The molecule has 2 heterocycles. The lowest BCUT2D eigenvalue weighted by Crippen LogP contribution is -2.23. The van der Waals surface area contributed by atoms with Gasteiger partial charge in [0.25, 0.3) is 5.56 Å². The third-order valence-corrected chi connectivity index (χ3v) is 4.02. The van der Waals surface area contributed by atoms with Crippen molar-refractivity contribution in [1.29, 1.82) is 0 Å². The molecule has 0 amide bonds.